The number of benzene rings is 1. The van der Waals surface area contributed by atoms with E-state index in [1.54, 1.807) is 20.8 Å². The third-order valence-electron chi connectivity index (χ3n) is 4.89. The molecule has 0 aliphatic carbocycles. The fraction of sp³-hybridized carbons (Fsp3) is 0.524. The number of nitrogens with one attached hydrogen (secondary N) is 1. The standard InChI is InChI=1S/C21H29BFNO5/c1-19(2,3)27-18(26)24-12-16(22-28-20(4,5)21(6,7)29-22)11-15-10-14(13-25)8-9-17(15)23/h8-11,13H,12H2,1-7H3,(H,24,26). The van der Waals surface area contributed by atoms with Gasteiger partial charge in [0, 0.05) is 17.7 Å². The minimum atomic E-state index is -0.797. The van der Waals surface area contributed by atoms with Gasteiger partial charge < -0.3 is 19.4 Å². The second-order valence-electron chi connectivity index (χ2n) is 9.06. The van der Waals surface area contributed by atoms with Crippen LogP contribution in [0, 0.1) is 5.82 Å². The largest absolute Gasteiger partial charge is 0.492 e. The summed E-state index contributed by atoms with van der Waals surface area (Å²) in [5.74, 6) is -0.498. The number of carbonyl (C=O) groups is 2. The molecule has 0 unspecified atom stereocenters. The van der Waals surface area contributed by atoms with E-state index in [9.17, 15) is 14.0 Å². The lowest BCUT2D eigenvalue weighted by molar-refractivity contribution is 0.00578. The first-order valence-corrected chi connectivity index (χ1v) is 9.52. The van der Waals surface area contributed by atoms with Gasteiger partial charge in [-0.3, -0.25) is 4.79 Å². The van der Waals surface area contributed by atoms with Gasteiger partial charge in [-0.15, -0.1) is 0 Å². The van der Waals surface area contributed by atoms with E-state index in [0.29, 0.717) is 17.3 Å². The van der Waals surface area contributed by atoms with Gasteiger partial charge in [0.15, 0.2) is 0 Å². The first kappa shape index (κ1) is 23.1. The number of hydrogen-bond acceptors (Lipinski definition) is 5. The number of amides is 1. The fourth-order valence-electron chi connectivity index (χ4n) is 2.63. The van der Waals surface area contributed by atoms with Gasteiger partial charge in [-0.05, 0) is 72.1 Å². The van der Waals surface area contributed by atoms with Gasteiger partial charge in [0.1, 0.15) is 17.7 Å². The molecule has 6 nitrogen and oxygen atoms in total. The molecule has 0 radical (unpaired) electrons. The zero-order chi connectivity index (χ0) is 22.0. The molecule has 1 aliphatic rings. The van der Waals surface area contributed by atoms with Crippen LogP contribution in [-0.2, 0) is 14.0 Å². The van der Waals surface area contributed by atoms with Crippen molar-refractivity contribution in [2.24, 2.45) is 0 Å². The third kappa shape index (κ3) is 5.90. The van der Waals surface area contributed by atoms with Crippen molar-refractivity contribution < 1.29 is 28.0 Å². The van der Waals surface area contributed by atoms with Crippen molar-refractivity contribution in [1.82, 2.24) is 5.32 Å². The molecular formula is C21H29BFNO5. The molecule has 29 heavy (non-hydrogen) atoms. The quantitative estimate of drug-likeness (QED) is 0.588. The number of carbonyl (C=O) groups excluding carboxylic acids is 2. The normalized spacial score (nSPS) is 18.5. The summed E-state index contributed by atoms with van der Waals surface area (Å²) in [5.41, 5.74) is -0.826. The van der Waals surface area contributed by atoms with Crippen molar-refractivity contribution in [1.29, 1.82) is 0 Å². The van der Waals surface area contributed by atoms with Crippen molar-refractivity contribution in [2.75, 3.05) is 6.54 Å². The molecule has 0 saturated carbocycles. The molecule has 0 aromatic heterocycles. The van der Waals surface area contributed by atoms with Crippen LogP contribution < -0.4 is 5.32 Å². The van der Waals surface area contributed by atoms with Crippen molar-refractivity contribution in [3.63, 3.8) is 0 Å². The highest BCUT2D eigenvalue weighted by Crippen LogP contribution is 2.38. The van der Waals surface area contributed by atoms with Crippen LogP contribution in [0.2, 0.25) is 0 Å². The van der Waals surface area contributed by atoms with E-state index in [1.165, 1.54) is 24.3 Å². The summed E-state index contributed by atoms with van der Waals surface area (Å²) in [6.45, 7) is 12.9. The molecule has 1 heterocycles. The maximum absolute atomic E-state index is 14.3. The lowest BCUT2D eigenvalue weighted by atomic mass is 9.77. The van der Waals surface area contributed by atoms with Crippen LogP contribution in [0.1, 0.15) is 64.4 Å². The van der Waals surface area contributed by atoms with Gasteiger partial charge in [-0.25, -0.2) is 9.18 Å². The maximum Gasteiger partial charge on any atom is 0.492 e. The second-order valence-corrected chi connectivity index (χ2v) is 9.06. The van der Waals surface area contributed by atoms with Crippen LogP contribution >= 0.6 is 0 Å². The van der Waals surface area contributed by atoms with Gasteiger partial charge in [0.05, 0.1) is 11.2 Å². The molecule has 0 spiro atoms. The van der Waals surface area contributed by atoms with Crippen molar-refractivity contribution >= 4 is 25.6 Å². The van der Waals surface area contributed by atoms with Crippen LogP contribution in [-0.4, -0.2) is 42.8 Å². The lowest BCUT2D eigenvalue weighted by Crippen LogP contribution is -2.41. The van der Waals surface area contributed by atoms with E-state index in [4.69, 9.17) is 14.0 Å². The molecular weight excluding hydrogens is 376 g/mol. The highest BCUT2D eigenvalue weighted by Gasteiger charge is 2.52. The summed E-state index contributed by atoms with van der Waals surface area (Å²) < 4.78 is 31.7. The highest BCUT2D eigenvalue weighted by molar-refractivity contribution is 6.56. The van der Waals surface area contributed by atoms with Crippen LogP contribution in [0.3, 0.4) is 0 Å². The van der Waals surface area contributed by atoms with E-state index < -0.39 is 35.8 Å². The van der Waals surface area contributed by atoms with E-state index in [0.717, 1.165) is 0 Å². The summed E-state index contributed by atoms with van der Waals surface area (Å²) in [4.78, 5) is 23.2. The minimum absolute atomic E-state index is 0.0243. The predicted octanol–water partition coefficient (Wildman–Crippen LogP) is 4.18. The van der Waals surface area contributed by atoms with E-state index in [1.807, 2.05) is 27.7 Å². The Morgan fingerprint density at radius 2 is 1.79 bits per heavy atom. The number of ether oxygens (including phenoxy) is 1. The summed E-state index contributed by atoms with van der Waals surface area (Å²) >= 11 is 0. The van der Waals surface area contributed by atoms with Crippen LogP contribution in [0.4, 0.5) is 9.18 Å². The average Bonchev–Trinajstić information content (AvgIpc) is 2.79. The van der Waals surface area contributed by atoms with Gasteiger partial charge in [-0.1, -0.05) is 6.08 Å². The van der Waals surface area contributed by atoms with Gasteiger partial charge in [0.2, 0.25) is 0 Å². The number of aldehydes is 1. The monoisotopic (exact) mass is 405 g/mol. The number of rotatable bonds is 5. The molecule has 1 saturated heterocycles. The van der Waals surface area contributed by atoms with E-state index in [-0.39, 0.29) is 12.1 Å². The molecule has 1 N–H and O–H groups in total. The second kappa shape index (κ2) is 8.28. The van der Waals surface area contributed by atoms with Gasteiger partial charge >= 0.3 is 13.2 Å². The lowest BCUT2D eigenvalue weighted by Gasteiger charge is -2.32. The van der Waals surface area contributed by atoms with E-state index in [2.05, 4.69) is 5.32 Å². The Morgan fingerprint density at radius 3 is 2.31 bits per heavy atom. The van der Waals surface area contributed by atoms with Crippen LogP contribution in [0.15, 0.2) is 23.7 Å². The molecule has 1 amide bonds. The van der Waals surface area contributed by atoms with Crippen LogP contribution in [0.5, 0.6) is 0 Å². The Morgan fingerprint density at radius 1 is 1.21 bits per heavy atom. The van der Waals surface area contributed by atoms with Crippen LogP contribution in [0.25, 0.3) is 6.08 Å². The molecule has 1 fully saturated rings. The van der Waals surface area contributed by atoms with Gasteiger partial charge in [0.25, 0.3) is 0 Å². The average molecular weight is 405 g/mol. The molecule has 158 valence electrons. The zero-order valence-corrected chi connectivity index (χ0v) is 18.1. The maximum atomic E-state index is 14.3. The molecule has 0 bridgehead atoms. The first-order valence-electron chi connectivity index (χ1n) is 9.52. The Kier molecular flexibility index (Phi) is 6.60. The molecule has 8 heteroatoms. The third-order valence-corrected chi connectivity index (χ3v) is 4.89. The molecule has 0 atom stereocenters. The summed E-state index contributed by atoms with van der Waals surface area (Å²) in [7, 11) is -0.797. The minimum Gasteiger partial charge on any atom is -0.444 e. The topological polar surface area (TPSA) is 73.9 Å². The first-order chi connectivity index (χ1) is 13.2. The Balaban J connectivity index is 2.34. The number of halogens is 1. The van der Waals surface area contributed by atoms with Gasteiger partial charge in [-0.2, -0.15) is 0 Å². The highest BCUT2D eigenvalue weighted by atomic mass is 19.1. The predicted molar refractivity (Wildman–Crippen MR) is 110 cm³/mol. The molecule has 2 rings (SSSR count). The Hall–Kier alpha value is -2.19. The summed E-state index contributed by atoms with van der Waals surface area (Å²) in [6.07, 6.45) is 1.56. The molecule has 1 aromatic rings. The molecule has 1 aromatic carbocycles. The zero-order valence-electron chi connectivity index (χ0n) is 18.1. The number of alkyl carbamates (subject to hydrolysis) is 1. The van der Waals surface area contributed by atoms with Crippen molar-refractivity contribution in [3.05, 3.63) is 40.6 Å². The Bertz CT molecular complexity index is 798. The van der Waals surface area contributed by atoms with Crippen molar-refractivity contribution in [3.8, 4) is 0 Å². The summed E-state index contributed by atoms with van der Waals surface area (Å²) in [5, 5.41) is 2.66. The summed E-state index contributed by atoms with van der Waals surface area (Å²) in [6, 6.07) is 4.05. The SMILES string of the molecule is CC(C)(C)OC(=O)NCC(=Cc1cc(C=O)ccc1F)B1OC(C)(C)C(C)(C)O1. The van der Waals surface area contributed by atoms with Crippen molar-refractivity contribution in [2.45, 2.75) is 65.3 Å². The fourth-order valence-corrected chi connectivity index (χ4v) is 2.63. The Labute approximate surface area is 171 Å². The smallest absolute Gasteiger partial charge is 0.444 e. The van der Waals surface area contributed by atoms with E-state index >= 15 is 0 Å². The molecule has 1 aliphatic heterocycles. The number of hydrogen-bond donors (Lipinski definition) is 1.